The third-order valence-electron chi connectivity index (χ3n) is 3.27. The fourth-order valence-corrected chi connectivity index (χ4v) is 2.55. The first-order valence-electron chi connectivity index (χ1n) is 7.16. The molecule has 25 heavy (non-hydrogen) atoms. The van der Waals surface area contributed by atoms with Crippen LogP contribution in [-0.2, 0) is 4.79 Å². The van der Waals surface area contributed by atoms with Crippen LogP contribution in [0, 0.1) is 5.82 Å². The predicted octanol–water partition coefficient (Wildman–Crippen LogP) is 3.76. The van der Waals surface area contributed by atoms with Crippen molar-refractivity contribution in [3.05, 3.63) is 64.9 Å². The number of nitrogens with zero attached hydrogens (tertiary/aromatic N) is 3. The van der Waals surface area contributed by atoms with E-state index in [4.69, 9.17) is 23.2 Å². The van der Waals surface area contributed by atoms with E-state index in [1.54, 1.807) is 18.2 Å². The minimum atomic E-state index is -0.448. The van der Waals surface area contributed by atoms with Crippen molar-refractivity contribution in [1.29, 1.82) is 0 Å². The van der Waals surface area contributed by atoms with Crippen molar-refractivity contribution in [3.8, 4) is 5.69 Å². The molecule has 0 saturated carbocycles. The van der Waals surface area contributed by atoms with Gasteiger partial charge in [-0.25, -0.2) is 14.1 Å². The average molecular weight is 380 g/mol. The minimum absolute atomic E-state index is 0.0609. The lowest BCUT2D eigenvalue weighted by molar-refractivity contribution is -0.114. The number of amides is 1. The second-order valence-corrected chi connectivity index (χ2v) is 5.87. The number of hydrogen-bond acceptors (Lipinski definition) is 4. The van der Waals surface area contributed by atoms with Gasteiger partial charge in [-0.05, 0) is 36.4 Å². The second-order valence-electron chi connectivity index (χ2n) is 5.03. The van der Waals surface area contributed by atoms with Crippen molar-refractivity contribution in [2.24, 2.45) is 0 Å². The molecule has 0 spiro atoms. The summed E-state index contributed by atoms with van der Waals surface area (Å²) >= 11 is 11.9. The van der Waals surface area contributed by atoms with Gasteiger partial charge in [-0.2, -0.15) is 5.10 Å². The van der Waals surface area contributed by atoms with Crippen molar-refractivity contribution in [1.82, 2.24) is 14.8 Å². The molecule has 0 aliphatic carbocycles. The van der Waals surface area contributed by atoms with Crippen LogP contribution in [0.15, 0.2) is 49.1 Å². The molecule has 1 aromatic heterocycles. The van der Waals surface area contributed by atoms with Crippen LogP contribution >= 0.6 is 23.2 Å². The lowest BCUT2D eigenvalue weighted by Gasteiger charge is -2.12. The van der Waals surface area contributed by atoms with Crippen molar-refractivity contribution in [2.45, 2.75) is 0 Å². The predicted molar refractivity (Wildman–Crippen MR) is 94.9 cm³/mol. The quantitative estimate of drug-likeness (QED) is 0.707. The number of carbonyl (C=O) groups is 1. The molecular weight excluding hydrogens is 368 g/mol. The second kappa shape index (κ2) is 7.50. The molecule has 0 aliphatic heterocycles. The number of benzene rings is 2. The smallest absolute Gasteiger partial charge is 0.243 e. The average Bonchev–Trinajstić information content (AvgIpc) is 3.08. The molecule has 0 aliphatic rings. The number of halogens is 3. The molecule has 3 aromatic rings. The van der Waals surface area contributed by atoms with E-state index in [1.165, 1.54) is 35.5 Å². The van der Waals surface area contributed by atoms with Gasteiger partial charge in [0, 0.05) is 5.02 Å². The molecule has 1 amide bonds. The topological polar surface area (TPSA) is 71.8 Å². The van der Waals surface area contributed by atoms with Crippen LogP contribution < -0.4 is 10.6 Å². The highest BCUT2D eigenvalue weighted by Gasteiger charge is 2.11. The van der Waals surface area contributed by atoms with Gasteiger partial charge in [0.2, 0.25) is 5.91 Å². The van der Waals surface area contributed by atoms with Crippen LogP contribution in [0.2, 0.25) is 10.0 Å². The Bertz CT molecular complexity index is 902. The Morgan fingerprint density at radius 3 is 2.72 bits per heavy atom. The van der Waals surface area contributed by atoms with Gasteiger partial charge in [0.15, 0.2) is 0 Å². The molecule has 6 nitrogen and oxygen atoms in total. The van der Waals surface area contributed by atoms with Crippen molar-refractivity contribution >= 4 is 40.5 Å². The molecule has 0 fully saturated rings. The molecule has 0 bridgehead atoms. The first-order valence-corrected chi connectivity index (χ1v) is 7.92. The Hall–Kier alpha value is -2.64. The monoisotopic (exact) mass is 379 g/mol. The summed E-state index contributed by atoms with van der Waals surface area (Å²) in [6.07, 6.45) is 2.90. The zero-order valence-electron chi connectivity index (χ0n) is 12.7. The Labute approximate surface area is 152 Å². The zero-order chi connectivity index (χ0) is 17.8. The van der Waals surface area contributed by atoms with E-state index >= 15 is 0 Å². The lowest BCUT2D eigenvalue weighted by Crippen LogP contribution is -2.22. The van der Waals surface area contributed by atoms with Gasteiger partial charge in [0.05, 0.1) is 28.6 Å². The molecule has 0 saturated heterocycles. The van der Waals surface area contributed by atoms with E-state index in [9.17, 15) is 9.18 Å². The number of rotatable bonds is 5. The number of nitrogens with one attached hydrogen (secondary N) is 2. The molecule has 9 heteroatoms. The molecule has 0 radical (unpaired) electrons. The van der Waals surface area contributed by atoms with Gasteiger partial charge in [-0.1, -0.05) is 23.2 Å². The maximum atomic E-state index is 13.0. The molecule has 0 unspecified atom stereocenters. The summed E-state index contributed by atoms with van der Waals surface area (Å²) in [6.45, 7) is -0.0609. The molecule has 128 valence electrons. The Morgan fingerprint density at radius 2 is 2.00 bits per heavy atom. The summed E-state index contributed by atoms with van der Waals surface area (Å²) in [5.41, 5.74) is 1.56. The normalized spacial score (nSPS) is 10.5. The van der Waals surface area contributed by atoms with Crippen LogP contribution in [0.4, 0.5) is 15.8 Å². The maximum absolute atomic E-state index is 13.0. The zero-order valence-corrected chi connectivity index (χ0v) is 14.2. The summed E-state index contributed by atoms with van der Waals surface area (Å²) in [7, 11) is 0. The summed E-state index contributed by atoms with van der Waals surface area (Å²) in [5, 5.41) is 10.3. The molecule has 2 aromatic carbocycles. The fourth-order valence-electron chi connectivity index (χ4n) is 2.14. The van der Waals surface area contributed by atoms with E-state index in [-0.39, 0.29) is 17.5 Å². The summed E-state index contributed by atoms with van der Waals surface area (Å²) < 4.78 is 14.5. The summed E-state index contributed by atoms with van der Waals surface area (Å²) in [6, 6.07) is 8.90. The van der Waals surface area contributed by atoms with Gasteiger partial charge in [0.25, 0.3) is 0 Å². The standard InChI is InChI=1S/C16H12Cl2FN5O/c17-10-1-4-15(24-9-20-8-22-24)14(5-10)23-16(25)7-21-13-3-2-11(19)6-12(13)18/h1-6,8-9,21H,7H2,(H,23,25). The summed E-state index contributed by atoms with van der Waals surface area (Å²) in [4.78, 5) is 16.1. The van der Waals surface area contributed by atoms with E-state index in [1.807, 2.05) is 0 Å². The van der Waals surface area contributed by atoms with Crippen LogP contribution in [0.25, 0.3) is 5.69 Å². The Kier molecular flexibility index (Phi) is 5.16. The molecule has 2 N–H and O–H groups in total. The number of aromatic nitrogens is 3. The SMILES string of the molecule is O=C(CNc1ccc(F)cc1Cl)Nc1cc(Cl)ccc1-n1cncn1. The van der Waals surface area contributed by atoms with Gasteiger partial charge in [0.1, 0.15) is 18.5 Å². The minimum Gasteiger partial charge on any atom is -0.375 e. The maximum Gasteiger partial charge on any atom is 0.243 e. The Balaban J connectivity index is 1.72. The van der Waals surface area contributed by atoms with E-state index in [0.717, 1.165) is 0 Å². The number of carbonyl (C=O) groups excluding carboxylic acids is 1. The third kappa shape index (κ3) is 4.26. The van der Waals surface area contributed by atoms with Crippen molar-refractivity contribution in [3.63, 3.8) is 0 Å². The van der Waals surface area contributed by atoms with E-state index in [0.29, 0.717) is 22.1 Å². The number of hydrogen-bond donors (Lipinski definition) is 2. The largest absolute Gasteiger partial charge is 0.375 e. The molecule has 3 rings (SSSR count). The van der Waals surface area contributed by atoms with E-state index < -0.39 is 5.82 Å². The first-order chi connectivity index (χ1) is 12.0. The molecular formula is C16H12Cl2FN5O. The van der Waals surface area contributed by atoms with Crippen LogP contribution in [0.3, 0.4) is 0 Å². The van der Waals surface area contributed by atoms with Crippen molar-refractivity contribution in [2.75, 3.05) is 17.2 Å². The van der Waals surface area contributed by atoms with Crippen LogP contribution in [-0.4, -0.2) is 27.2 Å². The highest BCUT2D eigenvalue weighted by molar-refractivity contribution is 6.33. The van der Waals surface area contributed by atoms with Crippen LogP contribution in [0.1, 0.15) is 0 Å². The lowest BCUT2D eigenvalue weighted by atomic mass is 10.2. The fraction of sp³-hybridized carbons (Fsp3) is 0.0625. The summed E-state index contributed by atoms with van der Waals surface area (Å²) in [5.74, 6) is -0.777. The highest BCUT2D eigenvalue weighted by atomic mass is 35.5. The van der Waals surface area contributed by atoms with Crippen molar-refractivity contribution < 1.29 is 9.18 Å². The third-order valence-corrected chi connectivity index (χ3v) is 3.82. The van der Waals surface area contributed by atoms with Crippen LogP contribution in [0.5, 0.6) is 0 Å². The number of anilines is 2. The highest BCUT2D eigenvalue weighted by Crippen LogP contribution is 2.24. The molecule has 0 atom stereocenters. The Morgan fingerprint density at radius 1 is 1.16 bits per heavy atom. The molecule has 1 heterocycles. The van der Waals surface area contributed by atoms with Gasteiger partial charge in [-0.15, -0.1) is 0 Å². The van der Waals surface area contributed by atoms with Gasteiger partial charge in [-0.3, -0.25) is 4.79 Å². The first kappa shape index (κ1) is 17.2. The van der Waals surface area contributed by atoms with Gasteiger partial charge >= 0.3 is 0 Å². The van der Waals surface area contributed by atoms with Gasteiger partial charge < -0.3 is 10.6 Å². The van der Waals surface area contributed by atoms with E-state index in [2.05, 4.69) is 20.7 Å².